The van der Waals surface area contributed by atoms with E-state index in [0.717, 1.165) is 18.4 Å². The van der Waals surface area contributed by atoms with E-state index in [4.69, 9.17) is 5.26 Å². The predicted molar refractivity (Wildman–Crippen MR) is 132 cm³/mol. The second-order valence-electron chi connectivity index (χ2n) is 9.94. The summed E-state index contributed by atoms with van der Waals surface area (Å²) in [7, 11) is -3.32. The first-order chi connectivity index (χ1) is 17.3. The lowest BCUT2D eigenvalue weighted by molar-refractivity contribution is 0.0694. The first-order valence-electron chi connectivity index (χ1n) is 12.3. The van der Waals surface area contributed by atoms with Crippen molar-refractivity contribution in [1.82, 2.24) is 14.8 Å². The molecule has 9 nitrogen and oxygen atoms in total. The van der Waals surface area contributed by atoms with Crippen LogP contribution in [0.15, 0.2) is 41.2 Å². The fourth-order valence-corrected chi connectivity index (χ4v) is 8.01. The highest BCUT2D eigenvalue weighted by Gasteiger charge is 2.58. The lowest BCUT2D eigenvalue weighted by Crippen LogP contribution is -2.50. The Hall–Kier alpha value is -3.45. The van der Waals surface area contributed by atoms with Crippen molar-refractivity contribution in [3.8, 4) is 6.07 Å². The summed E-state index contributed by atoms with van der Waals surface area (Å²) >= 11 is 0. The van der Waals surface area contributed by atoms with Crippen LogP contribution in [0.1, 0.15) is 70.5 Å². The number of carbonyl (C=O) groups is 2. The Morgan fingerprint density at radius 1 is 1.06 bits per heavy atom. The van der Waals surface area contributed by atoms with Crippen molar-refractivity contribution in [2.75, 3.05) is 13.1 Å². The maximum absolute atomic E-state index is 13.3. The van der Waals surface area contributed by atoms with E-state index in [9.17, 15) is 22.8 Å². The molecule has 5 rings (SSSR count). The van der Waals surface area contributed by atoms with Crippen LogP contribution in [0.3, 0.4) is 0 Å². The molecule has 2 amide bonds. The first-order valence-corrected chi connectivity index (χ1v) is 13.8. The summed E-state index contributed by atoms with van der Waals surface area (Å²) in [6, 6.07) is 11.6. The quantitative estimate of drug-likeness (QED) is 0.609. The monoisotopic (exact) mass is 508 g/mol. The van der Waals surface area contributed by atoms with Gasteiger partial charge in [-0.15, -0.1) is 0 Å². The van der Waals surface area contributed by atoms with E-state index < -0.39 is 26.1 Å². The summed E-state index contributed by atoms with van der Waals surface area (Å²) in [5.74, 6) is -0.926. The number of rotatable bonds is 7. The maximum Gasteiger partial charge on any atom is 0.270 e. The number of benzene rings is 1. The molecule has 2 fully saturated rings. The van der Waals surface area contributed by atoms with Crippen LogP contribution in [0.2, 0.25) is 0 Å². The van der Waals surface area contributed by atoms with Crippen LogP contribution in [0.4, 0.5) is 0 Å². The molecule has 0 spiro atoms. The van der Waals surface area contributed by atoms with E-state index in [1.165, 1.54) is 16.7 Å². The Morgan fingerprint density at radius 2 is 1.75 bits per heavy atom. The van der Waals surface area contributed by atoms with Gasteiger partial charge in [-0.05, 0) is 55.5 Å². The standard InChI is InChI=1S/C26H28N4O5S/c27-15-18-5-7-19(8-6-18)16-28-23(31)21-9-10-22-25(33)29(13-14-30(22)24(21)32)17-26(11-12-26)36(34,35)20-3-1-2-4-20/h5-10,20H,1-4,11-14,16-17H2,(H,28,31). The molecule has 0 unspecified atom stereocenters. The Bertz CT molecular complexity index is 1410. The summed E-state index contributed by atoms with van der Waals surface area (Å²) in [4.78, 5) is 40.5. The van der Waals surface area contributed by atoms with E-state index in [0.29, 0.717) is 31.2 Å². The smallest absolute Gasteiger partial charge is 0.270 e. The minimum absolute atomic E-state index is 0.0591. The number of fused-ring (bicyclic) bond motifs is 1. The van der Waals surface area contributed by atoms with E-state index in [2.05, 4.69) is 5.32 Å². The predicted octanol–water partition coefficient (Wildman–Crippen LogP) is 2.00. The number of amides is 2. The second-order valence-corrected chi connectivity index (χ2v) is 12.6. The first kappa shape index (κ1) is 24.3. The molecule has 36 heavy (non-hydrogen) atoms. The minimum Gasteiger partial charge on any atom is -0.348 e. The molecule has 2 aliphatic carbocycles. The molecule has 1 aromatic heterocycles. The molecule has 1 aromatic carbocycles. The highest BCUT2D eigenvalue weighted by atomic mass is 32.2. The van der Waals surface area contributed by atoms with Crippen LogP contribution in [0.5, 0.6) is 0 Å². The number of aromatic nitrogens is 1. The zero-order valence-corrected chi connectivity index (χ0v) is 20.7. The summed E-state index contributed by atoms with van der Waals surface area (Å²) in [6.07, 6.45) is 4.41. The van der Waals surface area contributed by atoms with Gasteiger partial charge >= 0.3 is 0 Å². The molecule has 2 aromatic rings. The summed E-state index contributed by atoms with van der Waals surface area (Å²) in [5.41, 5.74) is 0.867. The topological polar surface area (TPSA) is 129 Å². The van der Waals surface area contributed by atoms with Gasteiger partial charge in [0.2, 0.25) is 0 Å². The van der Waals surface area contributed by atoms with Crippen molar-refractivity contribution in [3.63, 3.8) is 0 Å². The second kappa shape index (κ2) is 9.21. The average molecular weight is 509 g/mol. The van der Waals surface area contributed by atoms with Crippen LogP contribution < -0.4 is 10.9 Å². The van der Waals surface area contributed by atoms with Crippen LogP contribution >= 0.6 is 0 Å². The van der Waals surface area contributed by atoms with Crippen molar-refractivity contribution in [1.29, 1.82) is 5.26 Å². The van der Waals surface area contributed by atoms with Gasteiger partial charge in [-0.1, -0.05) is 25.0 Å². The molecule has 0 bridgehead atoms. The van der Waals surface area contributed by atoms with E-state index in [1.54, 1.807) is 29.2 Å². The Kier molecular flexibility index (Phi) is 6.20. The number of pyridine rings is 1. The van der Waals surface area contributed by atoms with Crippen LogP contribution in [0.25, 0.3) is 0 Å². The SMILES string of the molecule is N#Cc1ccc(CNC(=O)c2ccc3n(c2=O)CCN(CC2(S(=O)(=O)C4CCCC4)CC2)C3=O)cc1. The van der Waals surface area contributed by atoms with Gasteiger partial charge in [0.05, 0.1) is 21.6 Å². The highest BCUT2D eigenvalue weighted by Crippen LogP contribution is 2.48. The molecule has 2 heterocycles. The van der Waals surface area contributed by atoms with Gasteiger partial charge < -0.3 is 14.8 Å². The van der Waals surface area contributed by atoms with Crippen LogP contribution in [-0.4, -0.2) is 52.8 Å². The fraction of sp³-hybridized carbons (Fsp3) is 0.462. The molecule has 0 radical (unpaired) electrons. The van der Waals surface area contributed by atoms with Crippen molar-refractivity contribution in [3.05, 3.63) is 69.1 Å². The van der Waals surface area contributed by atoms with Gasteiger partial charge in [-0.25, -0.2) is 8.42 Å². The normalized spacial score (nSPS) is 19.0. The van der Waals surface area contributed by atoms with Gasteiger partial charge in [-0.3, -0.25) is 14.4 Å². The molecule has 188 valence electrons. The Morgan fingerprint density at radius 3 is 2.39 bits per heavy atom. The van der Waals surface area contributed by atoms with Crippen molar-refractivity contribution in [2.24, 2.45) is 0 Å². The van der Waals surface area contributed by atoms with Gasteiger partial charge in [0.15, 0.2) is 9.84 Å². The zero-order valence-electron chi connectivity index (χ0n) is 19.9. The molecule has 1 aliphatic heterocycles. The van der Waals surface area contributed by atoms with Crippen molar-refractivity contribution in [2.45, 2.75) is 61.6 Å². The number of nitrogens with zero attached hydrogens (tertiary/aromatic N) is 3. The molecule has 1 N–H and O–H groups in total. The molecule has 0 saturated heterocycles. The lowest BCUT2D eigenvalue weighted by atomic mass is 10.1. The number of nitrogens with one attached hydrogen (secondary N) is 1. The largest absolute Gasteiger partial charge is 0.348 e. The molecular weight excluding hydrogens is 480 g/mol. The summed E-state index contributed by atoms with van der Waals surface area (Å²) in [5, 5.41) is 11.3. The Balaban J connectivity index is 1.29. The summed E-state index contributed by atoms with van der Waals surface area (Å²) in [6.45, 7) is 0.780. The minimum atomic E-state index is -3.32. The van der Waals surface area contributed by atoms with E-state index in [-0.39, 0.29) is 48.6 Å². The van der Waals surface area contributed by atoms with Crippen molar-refractivity contribution < 1.29 is 18.0 Å². The van der Waals surface area contributed by atoms with Crippen LogP contribution in [0, 0.1) is 11.3 Å². The number of carbonyl (C=O) groups excluding carboxylic acids is 2. The third-order valence-electron chi connectivity index (χ3n) is 7.69. The number of sulfone groups is 1. The number of hydrogen-bond donors (Lipinski definition) is 1. The van der Waals surface area contributed by atoms with Gasteiger partial charge in [0, 0.05) is 26.2 Å². The molecular formula is C26H28N4O5S. The van der Waals surface area contributed by atoms with Crippen molar-refractivity contribution >= 4 is 21.7 Å². The van der Waals surface area contributed by atoms with Gasteiger partial charge in [0.1, 0.15) is 11.3 Å². The third kappa shape index (κ3) is 4.22. The zero-order chi connectivity index (χ0) is 25.5. The fourth-order valence-electron chi connectivity index (χ4n) is 5.34. The van der Waals surface area contributed by atoms with Gasteiger partial charge in [0.25, 0.3) is 17.4 Å². The molecule has 10 heteroatoms. The van der Waals surface area contributed by atoms with Gasteiger partial charge in [-0.2, -0.15) is 5.26 Å². The number of nitriles is 1. The van der Waals surface area contributed by atoms with Crippen LogP contribution in [-0.2, 0) is 22.9 Å². The molecule has 0 atom stereocenters. The third-order valence-corrected chi connectivity index (χ3v) is 10.8. The average Bonchev–Trinajstić information content (AvgIpc) is 3.46. The molecule has 3 aliphatic rings. The van der Waals surface area contributed by atoms with E-state index in [1.807, 2.05) is 6.07 Å². The number of hydrogen-bond acceptors (Lipinski definition) is 6. The molecule has 2 saturated carbocycles. The summed E-state index contributed by atoms with van der Waals surface area (Å²) < 4.78 is 27.0. The maximum atomic E-state index is 13.3. The Labute approximate surface area is 209 Å². The highest BCUT2D eigenvalue weighted by molar-refractivity contribution is 7.93. The van der Waals surface area contributed by atoms with E-state index >= 15 is 0 Å². The lowest BCUT2D eigenvalue weighted by Gasteiger charge is -2.33.